The molecule has 28 heavy (non-hydrogen) atoms. The Balaban J connectivity index is 1.73. The van der Waals surface area contributed by atoms with Crippen LogP contribution in [-0.4, -0.2) is 38.2 Å². The summed E-state index contributed by atoms with van der Waals surface area (Å²) in [6, 6.07) is 15.1. The average molecular weight is 381 g/mol. The Hall–Kier alpha value is -2.86. The normalized spacial score (nSPS) is 16.6. The highest BCUT2D eigenvalue weighted by atomic mass is 16.5. The zero-order valence-electron chi connectivity index (χ0n) is 16.4. The third-order valence-corrected chi connectivity index (χ3v) is 4.67. The van der Waals surface area contributed by atoms with Crippen LogP contribution < -0.4 is 15.4 Å². The van der Waals surface area contributed by atoms with Crippen molar-refractivity contribution in [3.05, 3.63) is 59.7 Å². The fourth-order valence-electron chi connectivity index (χ4n) is 3.00. The summed E-state index contributed by atoms with van der Waals surface area (Å²) in [5.41, 5.74) is 2.63. The maximum Gasteiger partial charge on any atom is 0.258 e. The quantitative estimate of drug-likeness (QED) is 0.592. The number of benzene rings is 2. The maximum absolute atomic E-state index is 12.7. The first-order chi connectivity index (χ1) is 13.7. The number of anilines is 1. The highest BCUT2D eigenvalue weighted by molar-refractivity contribution is 6.10. The molecule has 0 spiro atoms. The summed E-state index contributed by atoms with van der Waals surface area (Å²) in [6.45, 7) is 3.40. The lowest BCUT2D eigenvalue weighted by molar-refractivity contribution is 0.0975. The van der Waals surface area contributed by atoms with E-state index in [0.717, 1.165) is 31.6 Å². The number of hydrogen-bond donors (Lipinski definition) is 2. The maximum atomic E-state index is 12.7. The van der Waals surface area contributed by atoms with Crippen LogP contribution in [0.1, 0.15) is 35.7 Å². The van der Waals surface area contributed by atoms with Gasteiger partial charge in [0.25, 0.3) is 5.91 Å². The summed E-state index contributed by atoms with van der Waals surface area (Å²) in [7, 11) is 1.58. The Bertz CT molecular complexity index is 812. The molecule has 6 nitrogen and oxygen atoms in total. The van der Waals surface area contributed by atoms with E-state index in [1.165, 1.54) is 5.56 Å². The number of aliphatic imine (C=N–C) groups is 1. The number of aryl methyl sites for hydroxylation is 1. The molecule has 1 amide bonds. The zero-order chi connectivity index (χ0) is 19.8. The molecule has 0 aliphatic carbocycles. The van der Waals surface area contributed by atoms with Crippen LogP contribution in [0, 0.1) is 0 Å². The summed E-state index contributed by atoms with van der Waals surface area (Å²) >= 11 is 0. The molecule has 1 aliphatic heterocycles. The Kier molecular flexibility index (Phi) is 7.03. The van der Waals surface area contributed by atoms with Gasteiger partial charge in [0.1, 0.15) is 5.75 Å². The van der Waals surface area contributed by atoms with Gasteiger partial charge >= 0.3 is 0 Å². The number of rotatable bonds is 6. The second-order valence-electron chi connectivity index (χ2n) is 6.69. The van der Waals surface area contributed by atoms with Gasteiger partial charge in [-0.3, -0.25) is 10.1 Å². The Morgan fingerprint density at radius 1 is 1.25 bits per heavy atom. The standard InChI is InChI=1S/C22H27N3O3/c1-3-16-9-11-18(12-10-16)24-22(23-15-20-8-5-13-28-20)25-21(26)17-6-4-7-19(14-17)27-2/h4,6-7,9-12,14,20H,3,5,8,13,15H2,1-2H3,(H2,23,24,25,26). The van der Waals surface area contributed by atoms with E-state index in [9.17, 15) is 4.79 Å². The number of amides is 1. The van der Waals surface area contributed by atoms with Crippen LogP contribution in [0.2, 0.25) is 0 Å². The number of carbonyl (C=O) groups excluding carboxylic acids is 1. The number of guanidine groups is 1. The molecule has 1 atom stereocenters. The molecule has 2 aromatic rings. The smallest absolute Gasteiger partial charge is 0.258 e. The molecule has 1 unspecified atom stereocenters. The first kappa shape index (κ1) is 19.9. The van der Waals surface area contributed by atoms with Gasteiger partial charge in [-0.2, -0.15) is 0 Å². The van der Waals surface area contributed by atoms with Crippen molar-refractivity contribution in [2.45, 2.75) is 32.3 Å². The lowest BCUT2D eigenvalue weighted by Gasteiger charge is -2.14. The highest BCUT2D eigenvalue weighted by Gasteiger charge is 2.16. The topological polar surface area (TPSA) is 72.0 Å². The number of nitrogens with zero attached hydrogens (tertiary/aromatic N) is 1. The van der Waals surface area contributed by atoms with Crippen LogP contribution in [0.25, 0.3) is 0 Å². The van der Waals surface area contributed by atoms with Crippen molar-refractivity contribution >= 4 is 17.6 Å². The third-order valence-electron chi connectivity index (χ3n) is 4.67. The van der Waals surface area contributed by atoms with Gasteiger partial charge in [-0.25, -0.2) is 4.99 Å². The molecule has 1 fully saturated rings. The molecule has 1 aliphatic rings. The molecule has 0 radical (unpaired) electrons. The molecule has 1 saturated heterocycles. The van der Waals surface area contributed by atoms with Crippen molar-refractivity contribution in [3.8, 4) is 5.75 Å². The Labute approximate surface area is 166 Å². The lowest BCUT2D eigenvalue weighted by atomic mass is 10.1. The van der Waals surface area contributed by atoms with Crippen molar-refractivity contribution in [2.75, 3.05) is 25.6 Å². The number of ether oxygens (including phenoxy) is 2. The van der Waals surface area contributed by atoms with Gasteiger partial charge in [-0.1, -0.05) is 25.1 Å². The highest BCUT2D eigenvalue weighted by Crippen LogP contribution is 2.14. The van der Waals surface area contributed by atoms with Crippen molar-refractivity contribution in [1.82, 2.24) is 5.32 Å². The molecular formula is C22H27N3O3. The van der Waals surface area contributed by atoms with Crippen molar-refractivity contribution in [3.63, 3.8) is 0 Å². The molecule has 148 valence electrons. The lowest BCUT2D eigenvalue weighted by Crippen LogP contribution is -2.36. The predicted molar refractivity (Wildman–Crippen MR) is 111 cm³/mol. The summed E-state index contributed by atoms with van der Waals surface area (Å²) in [6.07, 6.45) is 3.13. The number of carbonyl (C=O) groups is 1. The molecular weight excluding hydrogens is 354 g/mol. The summed E-state index contributed by atoms with van der Waals surface area (Å²) in [4.78, 5) is 17.3. The van der Waals surface area contributed by atoms with Crippen molar-refractivity contribution in [1.29, 1.82) is 0 Å². The molecule has 2 aromatic carbocycles. The molecule has 3 rings (SSSR count). The first-order valence-electron chi connectivity index (χ1n) is 9.65. The van der Waals surface area contributed by atoms with E-state index in [-0.39, 0.29) is 12.0 Å². The third kappa shape index (κ3) is 5.57. The number of methoxy groups -OCH3 is 1. The molecule has 0 saturated carbocycles. The summed E-state index contributed by atoms with van der Waals surface area (Å²) < 4.78 is 10.8. The van der Waals surface area contributed by atoms with Gasteiger partial charge in [0.2, 0.25) is 5.96 Å². The minimum absolute atomic E-state index is 0.105. The zero-order valence-corrected chi connectivity index (χ0v) is 16.4. The van der Waals surface area contributed by atoms with E-state index in [2.05, 4.69) is 34.7 Å². The second-order valence-corrected chi connectivity index (χ2v) is 6.69. The van der Waals surface area contributed by atoms with E-state index >= 15 is 0 Å². The predicted octanol–water partition coefficient (Wildman–Crippen LogP) is 3.63. The monoisotopic (exact) mass is 381 g/mol. The Morgan fingerprint density at radius 3 is 2.75 bits per heavy atom. The van der Waals surface area contributed by atoms with Crippen LogP contribution in [-0.2, 0) is 11.2 Å². The van der Waals surface area contributed by atoms with E-state index in [1.54, 1.807) is 31.4 Å². The van der Waals surface area contributed by atoms with Crippen LogP contribution in [0.3, 0.4) is 0 Å². The largest absolute Gasteiger partial charge is 0.497 e. The molecule has 1 heterocycles. The van der Waals surface area contributed by atoms with Gasteiger partial charge in [-0.05, 0) is 55.2 Å². The van der Waals surface area contributed by atoms with Gasteiger partial charge in [0, 0.05) is 17.9 Å². The number of nitrogens with one attached hydrogen (secondary N) is 2. The second kappa shape index (κ2) is 9.90. The first-order valence-corrected chi connectivity index (χ1v) is 9.65. The molecule has 6 heteroatoms. The summed E-state index contributed by atoms with van der Waals surface area (Å²) in [5, 5.41) is 6.09. The molecule has 0 bridgehead atoms. The van der Waals surface area contributed by atoms with Crippen LogP contribution >= 0.6 is 0 Å². The Morgan fingerprint density at radius 2 is 2.07 bits per heavy atom. The van der Waals surface area contributed by atoms with E-state index in [4.69, 9.17) is 9.47 Å². The van der Waals surface area contributed by atoms with Gasteiger partial charge in [0.15, 0.2) is 0 Å². The van der Waals surface area contributed by atoms with E-state index in [1.807, 2.05) is 12.1 Å². The van der Waals surface area contributed by atoms with Crippen molar-refractivity contribution < 1.29 is 14.3 Å². The van der Waals surface area contributed by atoms with Crippen LogP contribution in [0.4, 0.5) is 5.69 Å². The fourth-order valence-corrected chi connectivity index (χ4v) is 3.00. The van der Waals surface area contributed by atoms with Gasteiger partial charge < -0.3 is 14.8 Å². The molecule has 0 aromatic heterocycles. The number of hydrogen-bond acceptors (Lipinski definition) is 4. The SMILES string of the molecule is CCc1ccc(NC(=NCC2CCCO2)NC(=O)c2cccc(OC)c2)cc1. The average Bonchev–Trinajstić information content (AvgIpc) is 3.26. The minimum Gasteiger partial charge on any atom is -0.497 e. The van der Waals surface area contributed by atoms with Crippen LogP contribution in [0.15, 0.2) is 53.5 Å². The van der Waals surface area contributed by atoms with Gasteiger partial charge in [-0.15, -0.1) is 0 Å². The minimum atomic E-state index is -0.248. The van der Waals surface area contributed by atoms with E-state index in [0.29, 0.717) is 23.8 Å². The van der Waals surface area contributed by atoms with Gasteiger partial charge in [0.05, 0.1) is 19.8 Å². The fraction of sp³-hybridized carbons (Fsp3) is 0.364. The van der Waals surface area contributed by atoms with Crippen LogP contribution in [0.5, 0.6) is 5.75 Å². The summed E-state index contributed by atoms with van der Waals surface area (Å²) in [5.74, 6) is 0.795. The molecule has 2 N–H and O–H groups in total. The van der Waals surface area contributed by atoms with E-state index < -0.39 is 0 Å². The van der Waals surface area contributed by atoms with Crippen molar-refractivity contribution in [2.24, 2.45) is 4.99 Å².